The number of nitrogens with one attached hydrogen (secondary N) is 1. The van der Waals surface area contributed by atoms with Gasteiger partial charge in [0.2, 0.25) is 10.0 Å². The SMILES string of the molecule is C=CCC1(S(=O)(=O)n2cc(C)c3c(C(=O)CCc4c(OC)cc(C)[nH]c4=O)cc(-c4ccc(N)nc4)cc32)CC1. The third-order valence-electron chi connectivity index (χ3n) is 7.66. The maximum Gasteiger partial charge on any atom is 0.255 e. The van der Waals surface area contributed by atoms with E-state index < -0.39 is 14.8 Å². The van der Waals surface area contributed by atoms with Gasteiger partial charge in [-0.25, -0.2) is 17.4 Å². The number of carbonyl (C=O) groups excluding carboxylic acids is 1. The Balaban J connectivity index is 1.65. The summed E-state index contributed by atoms with van der Waals surface area (Å²) in [5, 5.41) is 0.569. The number of hydrogen-bond donors (Lipinski definition) is 2. The summed E-state index contributed by atoms with van der Waals surface area (Å²) in [5.74, 6) is 0.550. The summed E-state index contributed by atoms with van der Waals surface area (Å²) in [6, 6.07) is 8.70. The zero-order valence-electron chi connectivity index (χ0n) is 22.8. The molecule has 0 amide bonds. The van der Waals surface area contributed by atoms with Gasteiger partial charge in [-0.2, -0.15) is 0 Å². The van der Waals surface area contributed by atoms with E-state index in [0.717, 1.165) is 0 Å². The second kappa shape index (κ2) is 10.1. The average molecular weight is 561 g/mol. The predicted molar refractivity (Wildman–Crippen MR) is 156 cm³/mol. The number of aromatic amines is 1. The summed E-state index contributed by atoms with van der Waals surface area (Å²) in [6.07, 6.45) is 6.49. The molecule has 3 aromatic heterocycles. The first-order valence-corrected chi connectivity index (χ1v) is 14.5. The molecule has 0 atom stereocenters. The van der Waals surface area contributed by atoms with Crippen molar-refractivity contribution in [1.29, 1.82) is 0 Å². The monoisotopic (exact) mass is 560 g/mol. The smallest absolute Gasteiger partial charge is 0.255 e. The molecule has 1 aliphatic carbocycles. The van der Waals surface area contributed by atoms with Crippen LogP contribution in [0.15, 0.2) is 60.2 Å². The topological polar surface area (TPSA) is 137 Å². The molecule has 0 aliphatic heterocycles. The molecule has 0 radical (unpaired) electrons. The number of aromatic nitrogens is 3. The third-order valence-corrected chi connectivity index (χ3v) is 10.2. The number of aryl methyl sites for hydroxylation is 2. The van der Waals surface area contributed by atoms with Gasteiger partial charge in [-0.1, -0.05) is 6.08 Å². The quantitative estimate of drug-likeness (QED) is 0.212. The number of hydrogen-bond acceptors (Lipinski definition) is 7. The fraction of sp³-hybridized carbons (Fsp3) is 0.300. The Morgan fingerprint density at radius 1 is 1.23 bits per heavy atom. The van der Waals surface area contributed by atoms with E-state index in [1.54, 1.807) is 62.6 Å². The van der Waals surface area contributed by atoms with Gasteiger partial charge < -0.3 is 15.5 Å². The fourth-order valence-electron chi connectivity index (χ4n) is 5.34. The molecule has 3 heterocycles. The van der Waals surface area contributed by atoms with Crippen molar-refractivity contribution >= 4 is 32.5 Å². The predicted octanol–water partition coefficient (Wildman–Crippen LogP) is 4.70. The summed E-state index contributed by atoms with van der Waals surface area (Å²) in [6.45, 7) is 7.32. The van der Waals surface area contributed by atoms with Crippen LogP contribution >= 0.6 is 0 Å². The lowest BCUT2D eigenvalue weighted by Gasteiger charge is -2.17. The molecule has 0 spiro atoms. The average Bonchev–Trinajstić information content (AvgIpc) is 3.64. The molecule has 1 aliphatic rings. The van der Waals surface area contributed by atoms with Crippen molar-refractivity contribution in [3.05, 3.63) is 88.1 Å². The largest absolute Gasteiger partial charge is 0.496 e. The van der Waals surface area contributed by atoms with E-state index in [9.17, 15) is 18.0 Å². The molecule has 9 nitrogen and oxygen atoms in total. The van der Waals surface area contributed by atoms with Crippen molar-refractivity contribution in [1.82, 2.24) is 13.9 Å². The van der Waals surface area contributed by atoms with E-state index >= 15 is 0 Å². The lowest BCUT2D eigenvalue weighted by Crippen LogP contribution is -2.28. The van der Waals surface area contributed by atoms with Gasteiger partial charge in [-0.3, -0.25) is 9.59 Å². The molecule has 1 aromatic carbocycles. The summed E-state index contributed by atoms with van der Waals surface area (Å²) in [7, 11) is -2.30. The van der Waals surface area contributed by atoms with Crippen LogP contribution in [0.3, 0.4) is 0 Å². The summed E-state index contributed by atoms with van der Waals surface area (Å²) < 4.78 is 33.6. The zero-order chi connectivity index (χ0) is 28.8. The molecule has 4 aromatic rings. The van der Waals surface area contributed by atoms with Crippen molar-refractivity contribution in [3.8, 4) is 16.9 Å². The molecule has 10 heteroatoms. The molecule has 0 saturated heterocycles. The van der Waals surface area contributed by atoms with Crippen molar-refractivity contribution in [2.45, 2.75) is 50.7 Å². The third kappa shape index (κ3) is 4.62. The number of rotatable bonds is 10. The van der Waals surface area contributed by atoms with Crippen molar-refractivity contribution in [2.24, 2.45) is 0 Å². The Labute approximate surface area is 232 Å². The number of carbonyl (C=O) groups is 1. The number of fused-ring (bicyclic) bond motifs is 1. The molecule has 5 rings (SSSR count). The van der Waals surface area contributed by atoms with E-state index in [1.165, 1.54) is 11.1 Å². The molecule has 208 valence electrons. The van der Waals surface area contributed by atoms with Crippen LogP contribution in [0.25, 0.3) is 22.0 Å². The van der Waals surface area contributed by atoms with Crippen LogP contribution < -0.4 is 16.0 Å². The van der Waals surface area contributed by atoms with Crippen molar-refractivity contribution in [3.63, 3.8) is 0 Å². The lowest BCUT2D eigenvalue weighted by atomic mass is 9.94. The zero-order valence-corrected chi connectivity index (χ0v) is 23.6. The Morgan fingerprint density at radius 3 is 2.60 bits per heavy atom. The van der Waals surface area contributed by atoms with E-state index in [-0.39, 0.29) is 24.2 Å². The Kier molecular flexibility index (Phi) is 6.91. The van der Waals surface area contributed by atoms with Gasteiger partial charge in [0.15, 0.2) is 5.78 Å². The first-order valence-electron chi connectivity index (χ1n) is 13.0. The highest BCUT2D eigenvalue weighted by molar-refractivity contribution is 7.91. The van der Waals surface area contributed by atoms with Crippen LogP contribution in [-0.4, -0.2) is 40.0 Å². The highest BCUT2D eigenvalue weighted by Crippen LogP contribution is 2.49. The molecule has 40 heavy (non-hydrogen) atoms. The molecule has 1 fully saturated rings. The van der Waals surface area contributed by atoms with Gasteiger partial charge in [0, 0.05) is 41.0 Å². The van der Waals surface area contributed by atoms with E-state index in [4.69, 9.17) is 10.5 Å². The van der Waals surface area contributed by atoms with Crippen molar-refractivity contribution < 1.29 is 17.9 Å². The number of pyridine rings is 2. The molecular formula is C30H32N4O5S. The number of nitrogens with zero attached hydrogens (tertiary/aromatic N) is 2. The number of ether oxygens (including phenoxy) is 1. The van der Waals surface area contributed by atoms with Crippen LogP contribution in [0, 0.1) is 13.8 Å². The maximum absolute atomic E-state index is 13.9. The van der Waals surface area contributed by atoms with Gasteiger partial charge in [0.05, 0.1) is 22.9 Å². The highest BCUT2D eigenvalue weighted by Gasteiger charge is 2.54. The van der Waals surface area contributed by atoms with Gasteiger partial charge in [0.25, 0.3) is 5.56 Å². The van der Waals surface area contributed by atoms with Crippen LogP contribution in [0.4, 0.5) is 5.82 Å². The number of allylic oxidation sites excluding steroid dienone is 1. The molecule has 3 N–H and O–H groups in total. The van der Waals surface area contributed by atoms with Gasteiger partial charge in [-0.15, -0.1) is 6.58 Å². The number of nitrogens with two attached hydrogens (primary N) is 1. The van der Waals surface area contributed by atoms with Gasteiger partial charge in [-0.05, 0) is 81.0 Å². The number of anilines is 1. The second-order valence-corrected chi connectivity index (χ2v) is 12.6. The minimum atomic E-state index is -3.78. The van der Waals surface area contributed by atoms with E-state index in [0.29, 0.717) is 75.2 Å². The fourth-order valence-corrected chi connectivity index (χ4v) is 7.41. The first kappa shape index (κ1) is 27.4. The normalized spacial score (nSPS) is 14.3. The Hall–Kier alpha value is -4.18. The van der Waals surface area contributed by atoms with Crippen LogP contribution in [0.1, 0.15) is 52.9 Å². The molecule has 0 bridgehead atoms. The number of nitrogen functional groups attached to an aromatic ring is 1. The molecule has 0 unspecified atom stereocenters. The molecular weight excluding hydrogens is 528 g/mol. The number of ketones is 1. The summed E-state index contributed by atoms with van der Waals surface area (Å²) >= 11 is 0. The lowest BCUT2D eigenvalue weighted by molar-refractivity contribution is 0.0984. The van der Waals surface area contributed by atoms with Crippen molar-refractivity contribution in [2.75, 3.05) is 12.8 Å². The molecule has 1 saturated carbocycles. The van der Waals surface area contributed by atoms with Crippen LogP contribution in [0.2, 0.25) is 0 Å². The minimum Gasteiger partial charge on any atom is -0.496 e. The second-order valence-electron chi connectivity index (χ2n) is 10.4. The Bertz CT molecular complexity index is 1810. The summed E-state index contributed by atoms with van der Waals surface area (Å²) in [5.41, 5.74) is 9.33. The first-order chi connectivity index (χ1) is 19.0. The van der Waals surface area contributed by atoms with E-state index in [2.05, 4.69) is 16.5 Å². The minimum absolute atomic E-state index is 0.0266. The Morgan fingerprint density at radius 2 is 1.98 bits per heavy atom. The number of methoxy groups -OCH3 is 1. The van der Waals surface area contributed by atoms with E-state index in [1.807, 2.05) is 0 Å². The highest BCUT2D eigenvalue weighted by atomic mass is 32.2. The summed E-state index contributed by atoms with van der Waals surface area (Å²) in [4.78, 5) is 33.4. The van der Waals surface area contributed by atoms with Gasteiger partial charge in [0.1, 0.15) is 11.6 Å². The number of Topliss-reactive ketones (excluding diaryl/α,β-unsaturated/α-hetero) is 1. The number of benzene rings is 1. The van der Waals surface area contributed by atoms with Crippen LogP contribution in [-0.2, 0) is 16.4 Å². The standard InChI is InChI=1S/C30H32N4O5S/c1-5-10-30(11-12-30)40(37,38)34-17-18(2)28-23(14-21(15-24(28)34)20-6-9-27(31)32-16-20)25(35)8-7-22-26(39-4)13-19(3)33-29(22)36/h5-6,9,13-17H,1,7-8,10-12H2,2-4H3,(H2,31,32)(H,33,36). The number of H-pyrrole nitrogens is 1. The maximum atomic E-state index is 13.9. The van der Waals surface area contributed by atoms with Gasteiger partial charge >= 0.3 is 0 Å². The van der Waals surface area contributed by atoms with Crippen LogP contribution in [0.5, 0.6) is 5.75 Å².